The molecule has 1 aliphatic heterocycles. The molecule has 1 N–H and O–H groups in total. The number of ether oxygens (including phenoxy) is 4. The van der Waals surface area contributed by atoms with E-state index in [9.17, 15) is 23.1 Å². The van der Waals surface area contributed by atoms with Crippen LogP contribution in [0.25, 0.3) is 0 Å². The number of aliphatic hydroxyl groups is 1. The van der Waals surface area contributed by atoms with Gasteiger partial charge in [-0.1, -0.05) is 6.07 Å². The number of carbonyl (C=O) groups excluding carboxylic acids is 1. The molecule has 0 radical (unpaired) electrons. The fourth-order valence-electron chi connectivity index (χ4n) is 4.01. The number of morpholine rings is 1. The molecule has 1 amide bonds. The van der Waals surface area contributed by atoms with Crippen LogP contribution in [0.2, 0.25) is 0 Å². The van der Waals surface area contributed by atoms with Crippen LogP contribution in [0.5, 0.6) is 11.5 Å². The highest BCUT2D eigenvalue weighted by atomic mass is 19.4. The highest BCUT2D eigenvalue weighted by molar-refractivity contribution is 5.94. The molecule has 0 spiro atoms. The Balaban J connectivity index is 1.56. The maximum atomic E-state index is 13.1. The van der Waals surface area contributed by atoms with Gasteiger partial charge in [-0.25, -0.2) is 0 Å². The number of β-amino-alcohol motifs (C(OH)–C–C–N with tert-alkyl or cyclic N) is 1. The molecule has 2 unspecified atom stereocenters. The van der Waals surface area contributed by atoms with Crippen LogP contribution in [0.4, 0.5) is 13.2 Å². The van der Waals surface area contributed by atoms with Crippen LogP contribution in [0.3, 0.4) is 0 Å². The maximum Gasteiger partial charge on any atom is 0.416 e. The number of rotatable bonds is 12. The van der Waals surface area contributed by atoms with E-state index in [2.05, 4.69) is 0 Å². The average Bonchev–Trinajstić information content (AvgIpc) is 2.89. The summed E-state index contributed by atoms with van der Waals surface area (Å²) in [5.41, 5.74) is -0.930. The number of aliphatic hydroxyl groups excluding tert-OH is 1. The number of amides is 1. The minimum Gasteiger partial charge on any atom is -0.497 e. The number of hydrogen-bond donors (Lipinski definition) is 1. The van der Waals surface area contributed by atoms with Gasteiger partial charge in [0.25, 0.3) is 5.91 Å². The van der Waals surface area contributed by atoms with E-state index in [1.807, 2.05) is 4.90 Å². The van der Waals surface area contributed by atoms with E-state index < -0.39 is 23.8 Å². The van der Waals surface area contributed by atoms with Crippen molar-refractivity contribution in [3.05, 3.63) is 59.7 Å². The number of methoxy groups -OCH3 is 2. The van der Waals surface area contributed by atoms with Crippen LogP contribution in [0.1, 0.15) is 15.9 Å². The lowest BCUT2D eigenvalue weighted by Crippen LogP contribution is -2.51. The van der Waals surface area contributed by atoms with E-state index in [0.717, 1.165) is 12.1 Å². The number of benzene rings is 2. The molecule has 11 heteroatoms. The first-order valence-electron chi connectivity index (χ1n) is 11.9. The summed E-state index contributed by atoms with van der Waals surface area (Å²) in [6.07, 6.45) is -5.68. The van der Waals surface area contributed by atoms with Gasteiger partial charge < -0.3 is 29.0 Å². The SMILES string of the molecule is COCCN(CC1CN(CC(O)COc2ccc(OC)cc2)CCO1)C(=O)c1cccc(C(F)(F)F)c1. The fourth-order valence-corrected chi connectivity index (χ4v) is 4.01. The van der Waals surface area contributed by atoms with Crippen molar-refractivity contribution in [3.63, 3.8) is 0 Å². The second-order valence-corrected chi connectivity index (χ2v) is 8.72. The molecular weight excluding hydrogens is 493 g/mol. The third-order valence-electron chi connectivity index (χ3n) is 5.91. The van der Waals surface area contributed by atoms with Gasteiger partial charge in [-0.2, -0.15) is 13.2 Å². The molecule has 2 aromatic carbocycles. The standard InChI is InChI=1S/C26H33F3N2O6/c1-34-12-11-31(25(33)19-4-3-5-20(14-19)26(27,28)29)17-24-16-30(10-13-36-24)15-21(32)18-37-23-8-6-22(35-2)7-9-23/h3-9,14,21,24,32H,10-13,15-18H2,1-2H3. The number of halogens is 3. The van der Waals surface area contributed by atoms with Crippen molar-refractivity contribution in [2.75, 3.05) is 66.8 Å². The normalized spacial score (nSPS) is 17.3. The Hall–Kier alpha value is -2.86. The van der Waals surface area contributed by atoms with Crippen molar-refractivity contribution >= 4 is 5.91 Å². The zero-order valence-corrected chi connectivity index (χ0v) is 20.9. The molecule has 0 aliphatic carbocycles. The smallest absolute Gasteiger partial charge is 0.416 e. The molecule has 204 valence electrons. The van der Waals surface area contributed by atoms with Crippen molar-refractivity contribution in [3.8, 4) is 11.5 Å². The van der Waals surface area contributed by atoms with Crippen molar-refractivity contribution in [2.45, 2.75) is 18.4 Å². The third kappa shape index (κ3) is 8.89. The number of carbonyl (C=O) groups is 1. The summed E-state index contributed by atoms with van der Waals surface area (Å²) in [6, 6.07) is 11.4. The lowest BCUT2D eigenvalue weighted by molar-refractivity contribution is -0.137. The maximum absolute atomic E-state index is 13.1. The minimum absolute atomic E-state index is 0.0512. The van der Waals surface area contributed by atoms with Gasteiger partial charge in [0.05, 0.1) is 32.0 Å². The van der Waals surface area contributed by atoms with Crippen molar-refractivity contribution in [2.24, 2.45) is 0 Å². The summed E-state index contributed by atoms with van der Waals surface area (Å²) in [4.78, 5) is 16.5. The van der Waals surface area contributed by atoms with E-state index in [1.54, 1.807) is 31.4 Å². The third-order valence-corrected chi connectivity index (χ3v) is 5.91. The van der Waals surface area contributed by atoms with Gasteiger partial charge in [0.2, 0.25) is 0 Å². The van der Waals surface area contributed by atoms with Crippen LogP contribution in [0.15, 0.2) is 48.5 Å². The number of hydrogen-bond acceptors (Lipinski definition) is 7. The van der Waals surface area contributed by atoms with Crippen molar-refractivity contribution < 1.29 is 42.0 Å². The highest BCUT2D eigenvalue weighted by Gasteiger charge is 2.32. The van der Waals surface area contributed by atoms with Gasteiger partial charge >= 0.3 is 6.18 Å². The Labute approximate surface area is 214 Å². The Kier molecular flexibility index (Phi) is 10.6. The largest absolute Gasteiger partial charge is 0.497 e. The van der Waals surface area contributed by atoms with Gasteiger partial charge in [0, 0.05) is 45.4 Å². The molecule has 37 heavy (non-hydrogen) atoms. The molecule has 0 bridgehead atoms. The summed E-state index contributed by atoms with van der Waals surface area (Å²) >= 11 is 0. The Morgan fingerprint density at radius 1 is 1.19 bits per heavy atom. The molecule has 1 aliphatic rings. The van der Waals surface area contributed by atoms with Gasteiger partial charge in [0.1, 0.15) is 24.2 Å². The van der Waals surface area contributed by atoms with E-state index in [-0.39, 0.29) is 38.0 Å². The quantitative estimate of drug-likeness (QED) is 0.456. The molecule has 1 fully saturated rings. The Morgan fingerprint density at radius 2 is 1.92 bits per heavy atom. The zero-order chi connectivity index (χ0) is 26.8. The molecule has 2 atom stereocenters. The van der Waals surface area contributed by atoms with Gasteiger partial charge in [-0.05, 0) is 42.5 Å². The number of nitrogens with zero attached hydrogens (tertiary/aromatic N) is 2. The molecule has 8 nitrogen and oxygen atoms in total. The fraction of sp³-hybridized carbons (Fsp3) is 0.500. The molecule has 0 saturated carbocycles. The Morgan fingerprint density at radius 3 is 2.59 bits per heavy atom. The molecule has 2 aromatic rings. The predicted molar refractivity (Wildman–Crippen MR) is 130 cm³/mol. The molecule has 3 rings (SSSR count). The van der Waals surface area contributed by atoms with Crippen LogP contribution in [-0.4, -0.2) is 99.8 Å². The number of alkyl halides is 3. The second kappa shape index (κ2) is 13.6. The zero-order valence-electron chi connectivity index (χ0n) is 20.9. The molecule has 1 heterocycles. The van der Waals surface area contributed by atoms with E-state index >= 15 is 0 Å². The molecule has 1 saturated heterocycles. The van der Waals surface area contributed by atoms with Crippen LogP contribution in [-0.2, 0) is 15.7 Å². The summed E-state index contributed by atoms with van der Waals surface area (Å²) in [6.45, 7) is 2.47. The van der Waals surface area contributed by atoms with E-state index in [1.165, 1.54) is 24.1 Å². The predicted octanol–water partition coefficient (Wildman–Crippen LogP) is 2.94. The summed E-state index contributed by atoms with van der Waals surface area (Å²) < 4.78 is 61.1. The topological polar surface area (TPSA) is 80.7 Å². The van der Waals surface area contributed by atoms with Crippen molar-refractivity contribution in [1.29, 1.82) is 0 Å². The minimum atomic E-state index is -4.54. The summed E-state index contributed by atoms with van der Waals surface area (Å²) in [7, 11) is 3.06. The van der Waals surface area contributed by atoms with Gasteiger partial charge in [-0.3, -0.25) is 9.69 Å². The van der Waals surface area contributed by atoms with E-state index in [4.69, 9.17) is 18.9 Å². The van der Waals surface area contributed by atoms with Crippen LogP contribution >= 0.6 is 0 Å². The first kappa shape index (κ1) is 28.7. The summed E-state index contributed by atoms with van der Waals surface area (Å²) in [5.74, 6) is 0.789. The van der Waals surface area contributed by atoms with E-state index in [0.29, 0.717) is 37.7 Å². The monoisotopic (exact) mass is 526 g/mol. The average molecular weight is 527 g/mol. The van der Waals surface area contributed by atoms with Crippen molar-refractivity contribution in [1.82, 2.24) is 9.80 Å². The van der Waals surface area contributed by atoms with Gasteiger partial charge in [-0.15, -0.1) is 0 Å². The first-order chi connectivity index (χ1) is 17.7. The molecular formula is C26H33F3N2O6. The Bertz CT molecular complexity index is 989. The summed E-state index contributed by atoms with van der Waals surface area (Å²) in [5, 5.41) is 10.5. The first-order valence-corrected chi connectivity index (χ1v) is 11.9. The molecule has 0 aromatic heterocycles. The second-order valence-electron chi connectivity index (χ2n) is 8.72. The lowest BCUT2D eigenvalue weighted by atomic mass is 10.1. The van der Waals surface area contributed by atoms with Crippen LogP contribution in [0, 0.1) is 0 Å². The lowest BCUT2D eigenvalue weighted by Gasteiger charge is -2.36. The highest BCUT2D eigenvalue weighted by Crippen LogP contribution is 2.30. The van der Waals surface area contributed by atoms with Crippen LogP contribution < -0.4 is 9.47 Å². The van der Waals surface area contributed by atoms with Gasteiger partial charge in [0.15, 0.2) is 0 Å².